The van der Waals surface area contributed by atoms with Gasteiger partial charge in [-0.15, -0.1) is 0 Å². The van der Waals surface area contributed by atoms with Crippen molar-refractivity contribution < 1.29 is 13.2 Å². The van der Waals surface area contributed by atoms with Crippen LogP contribution in [0.5, 0.6) is 0 Å². The summed E-state index contributed by atoms with van der Waals surface area (Å²) in [5.41, 5.74) is 0.0148. The summed E-state index contributed by atoms with van der Waals surface area (Å²) in [5.74, 6) is 0.0268. The Morgan fingerprint density at radius 3 is 2.42 bits per heavy atom. The van der Waals surface area contributed by atoms with E-state index in [9.17, 15) is 13.2 Å². The van der Waals surface area contributed by atoms with E-state index in [4.69, 9.17) is 0 Å². The summed E-state index contributed by atoms with van der Waals surface area (Å²) < 4.78 is 39.1. The van der Waals surface area contributed by atoms with Gasteiger partial charge in [0, 0.05) is 6.04 Å². The molecule has 0 unspecified atom stereocenters. The molecule has 1 aliphatic carbocycles. The van der Waals surface area contributed by atoms with E-state index >= 15 is 0 Å². The average molecular weight is 271 g/mol. The molecule has 1 aromatic rings. The zero-order valence-electron chi connectivity index (χ0n) is 11.4. The number of nitrogens with zero attached hydrogens (tertiary/aromatic N) is 1. The fourth-order valence-corrected chi connectivity index (χ4v) is 3.03. The molecule has 2 atom stereocenters. The lowest BCUT2D eigenvalue weighted by Gasteiger charge is -2.34. The lowest BCUT2D eigenvalue weighted by molar-refractivity contribution is -0.138. The van der Waals surface area contributed by atoms with Crippen LogP contribution in [0.1, 0.15) is 42.7 Å². The minimum absolute atomic E-state index is 0.0268. The Kier molecular flexibility index (Phi) is 4.19. The third-order valence-electron chi connectivity index (χ3n) is 4.08. The van der Waals surface area contributed by atoms with Crippen LogP contribution in [0.2, 0.25) is 0 Å². The molecule has 0 spiro atoms. The molecule has 106 valence electrons. The van der Waals surface area contributed by atoms with Crippen LogP contribution < -0.4 is 0 Å². The van der Waals surface area contributed by atoms with Gasteiger partial charge in [-0.1, -0.05) is 24.6 Å². The van der Waals surface area contributed by atoms with Gasteiger partial charge in [0.1, 0.15) is 0 Å². The zero-order valence-corrected chi connectivity index (χ0v) is 11.4. The van der Waals surface area contributed by atoms with Crippen molar-refractivity contribution in [1.29, 1.82) is 0 Å². The third kappa shape index (κ3) is 3.30. The molecular formula is C15H20F3N. The van der Waals surface area contributed by atoms with E-state index in [0.29, 0.717) is 11.6 Å². The highest BCUT2D eigenvalue weighted by Crippen LogP contribution is 2.41. The maximum absolute atomic E-state index is 13.0. The molecule has 0 amide bonds. The summed E-state index contributed by atoms with van der Waals surface area (Å²) in [5, 5.41) is 0. The molecule has 0 heterocycles. The highest BCUT2D eigenvalue weighted by atomic mass is 19.4. The van der Waals surface area contributed by atoms with Crippen LogP contribution in [0.15, 0.2) is 24.3 Å². The van der Waals surface area contributed by atoms with E-state index in [1.165, 1.54) is 12.1 Å². The fraction of sp³-hybridized carbons (Fsp3) is 0.600. The highest BCUT2D eigenvalue weighted by molar-refractivity contribution is 5.33. The molecule has 0 aliphatic heterocycles. The fourth-order valence-electron chi connectivity index (χ4n) is 3.03. The third-order valence-corrected chi connectivity index (χ3v) is 4.08. The Hall–Kier alpha value is -1.03. The quantitative estimate of drug-likeness (QED) is 0.775. The van der Waals surface area contributed by atoms with Gasteiger partial charge in [-0.2, -0.15) is 13.2 Å². The zero-order chi connectivity index (χ0) is 14.0. The Balaban J connectivity index is 2.27. The van der Waals surface area contributed by atoms with Gasteiger partial charge in [0.15, 0.2) is 0 Å². The second kappa shape index (κ2) is 5.53. The number of rotatable bonds is 2. The largest absolute Gasteiger partial charge is 0.416 e. The molecule has 4 heteroatoms. The molecule has 19 heavy (non-hydrogen) atoms. The second-order valence-electron chi connectivity index (χ2n) is 5.57. The summed E-state index contributed by atoms with van der Waals surface area (Å²) in [6.07, 6.45) is -0.490. The molecule has 1 fully saturated rings. The summed E-state index contributed by atoms with van der Waals surface area (Å²) in [7, 11) is 4.01. The molecule has 1 aliphatic rings. The maximum Gasteiger partial charge on any atom is 0.416 e. The minimum atomic E-state index is -4.25. The molecular weight excluding hydrogens is 251 g/mol. The van der Waals surface area contributed by atoms with E-state index in [2.05, 4.69) is 4.90 Å². The van der Waals surface area contributed by atoms with Crippen LogP contribution in [0.4, 0.5) is 13.2 Å². The topological polar surface area (TPSA) is 3.24 Å². The van der Waals surface area contributed by atoms with Crippen LogP contribution >= 0.6 is 0 Å². The molecule has 1 nitrogen and oxygen atoms in total. The lowest BCUT2D eigenvalue weighted by Crippen LogP contribution is -2.33. The normalized spacial score (nSPS) is 24.7. The molecule has 0 radical (unpaired) electrons. The predicted molar refractivity (Wildman–Crippen MR) is 70.1 cm³/mol. The van der Waals surface area contributed by atoms with Crippen molar-refractivity contribution in [3.63, 3.8) is 0 Å². The Morgan fingerprint density at radius 1 is 1.11 bits per heavy atom. The van der Waals surface area contributed by atoms with Gasteiger partial charge in [-0.3, -0.25) is 0 Å². The van der Waals surface area contributed by atoms with Gasteiger partial charge in [0.2, 0.25) is 0 Å². The Labute approximate surface area is 112 Å². The Morgan fingerprint density at radius 2 is 1.79 bits per heavy atom. The van der Waals surface area contributed by atoms with Gasteiger partial charge in [-0.05, 0) is 50.9 Å². The van der Waals surface area contributed by atoms with Crippen LogP contribution in [-0.2, 0) is 6.18 Å². The molecule has 0 bridgehead atoms. The minimum Gasteiger partial charge on any atom is -0.306 e. The van der Waals surface area contributed by atoms with Gasteiger partial charge >= 0.3 is 6.18 Å². The van der Waals surface area contributed by atoms with Gasteiger partial charge in [-0.25, -0.2) is 0 Å². The summed E-state index contributed by atoms with van der Waals surface area (Å²) in [4.78, 5) is 2.13. The maximum atomic E-state index is 13.0. The van der Waals surface area contributed by atoms with E-state index in [1.807, 2.05) is 14.1 Å². The van der Waals surface area contributed by atoms with Gasteiger partial charge < -0.3 is 4.90 Å². The first kappa shape index (κ1) is 14.4. The first-order chi connectivity index (χ1) is 8.89. The first-order valence-electron chi connectivity index (χ1n) is 6.72. The number of benzene rings is 1. The molecule has 1 saturated carbocycles. The van der Waals surface area contributed by atoms with Crippen LogP contribution in [-0.4, -0.2) is 25.0 Å². The van der Waals surface area contributed by atoms with E-state index in [0.717, 1.165) is 25.7 Å². The van der Waals surface area contributed by atoms with Crippen molar-refractivity contribution in [2.75, 3.05) is 14.1 Å². The number of hydrogen-bond donors (Lipinski definition) is 0. The predicted octanol–water partition coefficient (Wildman–Crippen LogP) is 4.29. The smallest absolute Gasteiger partial charge is 0.306 e. The van der Waals surface area contributed by atoms with Crippen molar-refractivity contribution in [3.05, 3.63) is 35.4 Å². The molecule has 1 aromatic carbocycles. The molecule has 0 N–H and O–H groups in total. The summed E-state index contributed by atoms with van der Waals surface area (Å²) in [6, 6.07) is 6.42. The molecule has 0 saturated heterocycles. The monoisotopic (exact) mass is 271 g/mol. The lowest BCUT2D eigenvalue weighted by atomic mass is 9.79. The van der Waals surface area contributed by atoms with Gasteiger partial charge in [0.25, 0.3) is 0 Å². The van der Waals surface area contributed by atoms with Crippen molar-refractivity contribution in [3.8, 4) is 0 Å². The molecule has 2 rings (SSSR count). The van der Waals surface area contributed by atoms with Gasteiger partial charge in [0.05, 0.1) is 5.56 Å². The summed E-state index contributed by atoms with van der Waals surface area (Å²) >= 11 is 0. The number of alkyl halides is 3. The number of halogens is 3. The van der Waals surface area contributed by atoms with Crippen molar-refractivity contribution in [2.45, 2.75) is 43.8 Å². The van der Waals surface area contributed by atoms with Crippen LogP contribution in [0.25, 0.3) is 0 Å². The summed E-state index contributed by atoms with van der Waals surface area (Å²) in [6.45, 7) is 0. The second-order valence-corrected chi connectivity index (χ2v) is 5.57. The van der Waals surface area contributed by atoms with Crippen molar-refractivity contribution in [1.82, 2.24) is 4.90 Å². The average Bonchev–Trinajstić information content (AvgIpc) is 2.38. The Bertz CT molecular complexity index is 426. The standard InChI is InChI=1S/C15H20F3N/c1-19(2)12-7-5-6-11(10-12)13-8-3-4-9-14(13)15(16,17)18/h3-4,8-9,11-12H,5-7,10H2,1-2H3/t11-,12+/m0/s1. The van der Waals surface area contributed by atoms with Crippen molar-refractivity contribution >= 4 is 0 Å². The van der Waals surface area contributed by atoms with Crippen LogP contribution in [0, 0.1) is 0 Å². The highest BCUT2D eigenvalue weighted by Gasteiger charge is 2.36. The van der Waals surface area contributed by atoms with Crippen LogP contribution in [0.3, 0.4) is 0 Å². The van der Waals surface area contributed by atoms with E-state index < -0.39 is 11.7 Å². The SMILES string of the molecule is CN(C)[C@@H]1CCC[C@H](c2ccccc2C(F)(F)F)C1. The van der Waals surface area contributed by atoms with Crippen molar-refractivity contribution in [2.24, 2.45) is 0 Å². The van der Waals surface area contributed by atoms with E-state index in [1.54, 1.807) is 12.1 Å². The van der Waals surface area contributed by atoms with E-state index in [-0.39, 0.29) is 5.92 Å². The number of hydrogen-bond acceptors (Lipinski definition) is 1. The molecule has 0 aromatic heterocycles. The first-order valence-corrected chi connectivity index (χ1v) is 6.72.